The minimum absolute atomic E-state index is 0. The minimum atomic E-state index is 0. The molecule has 1 heterocycles. The molecule has 0 aromatic rings. The first-order chi connectivity index (χ1) is 10.2. The van der Waals surface area contributed by atoms with Crippen LogP contribution in [0.1, 0.15) is 32.6 Å². The Morgan fingerprint density at radius 3 is 2.45 bits per heavy atom. The molecule has 0 aromatic carbocycles. The van der Waals surface area contributed by atoms with Crippen LogP contribution in [-0.4, -0.2) is 75.3 Å². The van der Waals surface area contributed by atoms with Crippen LogP contribution < -0.4 is 5.32 Å². The summed E-state index contributed by atoms with van der Waals surface area (Å²) in [5.41, 5.74) is 0. The van der Waals surface area contributed by atoms with E-state index < -0.39 is 0 Å². The highest BCUT2D eigenvalue weighted by molar-refractivity contribution is 14.0. The lowest BCUT2D eigenvalue weighted by molar-refractivity contribution is 0.144. The predicted octanol–water partition coefficient (Wildman–Crippen LogP) is 2.02. The van der Waals surface area contributed by atoms with Crippen molar-refractivity contribution in [3.8, 4) is 0 Å². The second kappa shape index (κ2) is 10.6. The maximum absolute atomic E-state index is 5.21. The second-order valence-electron chi connectivity index (χ2n) is 6.40. The van der Waals surface area contributed by atoms with E-state index in [1.54, 1.807) is 7.11 Å². The first-order valence-electron chi connectivity index (χ1n) is 8.43. The van der Waals surface area contributed by atoms with Gasteiger partial charge >= 0.3 is 0 Å². The van der Waals surface area contributed by atoms with Crippen LogP contribution in [-0.2, 0) is 4.74 Å². The van der Waals surface area contributed by atoms with Crippen molar-refractivity contribution in [1.82, 2.24) is 15.1 Å². The number of nitrogens with one attached hydrogen (secondary N) is 1. The number of methoxy groups -OCH3 is 1. The van der Waals surface area contributed by atoms with Crippen molar-refractivity contribution in [2.75, 3.05) is 53.5 Å². The third-order valence-electron chi connectivity index (χ3n) is 4.62. The van der Waals surface area contributed by atoms with Crippen LogP contribution >= 0.6 is 24.0 Å². The first-order valence-corrected chi connectivity index (χ1v) is 8.43. The van der Waals surface area contributed by atoms with Gasteiger partial charge in [0.25, 0.3) is 0 Å². The van der Waals surface area contributed by atoms with Crippen LogP contribution in [0.3, 0.4) is 0 Å². The highest BCUT2D eigenvalue weighted by Crippen LogP contribution is 2.26. The summed E-state index contributed by atoms with van der Waals surface area (Å²) in [4.78, 5) is 9.39. The van der Waals surface area contributed by atoms with Crippen molar-refractivity contribution in [3.63, 3.8) is 0 Å². The van der Waals surface area contributed by atoms with Crippen LogP contribution in [0.5, 0.6) is 0 Å². The van der Waals surface area contributed by atoms with Gasteiger partial charge in [-0.3, -0.25) is 9.89 Å². The smallest absolute Gasteiger partial charge is 0.193 e. The van der Waals surface area contributed by atoms with Gasteiger partial charge in [0.05, 0.1) is 6.61 Å². The van der Waals surface area contributed by atoms with Gasteiger partial charge in [-0.2, -0.15) is 0 Å². The molecular weight excluding hydrogens is 391 g/mol. The molecule has 0 aromatic heterocycles. The van der Waals surface area contributed by atoms with Crippen LogP contribution in [0, 0.1) is 5.92 Å². The molecular formula is C16H33IN4O. The van der Waals surface area contributed by atoms with Gasteiger partial charge in [0.15, 0.2) is 5.96 Å². The van der Waals surface area contributed by atoms with Gasteiger partial charge in [0, 0.05) is 52.9 Å². The molecule has 0 unspecified atom stereocenters. The standard InChI is InChI=1S/C16H32N4O.HI/c1-14-6-9-20(10-7-14)16(17-2)18-8-11-19(12-13-21-3)15-4-5-15;/h14-15H,4-13H2,1-3H3,(H,17,18);1H. The molecule has 130 valence electrons. The van der Waals surface area contributed by atoms with Gasteiger partial charge in [0.2, 0.25) is 0 Å². The molecule has 2 aliphatic rings. The van der Waals surface area contributed by atoms with E-state index in [9.17, 15) is 0 Å². The Labute approximate surface area is 152 Å². The Bertz CT molecular complexity index is 328. The quantitative estimate of drug-likeness (QED) is 0.386. The summed E-state index contributed by atoms with van der Waals surface area (Å²) in [5, 5.41) is 3.54. The van der Waals surface area contributed by atoms with E-state index in [2.05, 4.69) is 27.0 Å². The Morgan fingerprint density at radius 2 is 1.91 bits per heavy atom. The Hall–Kier alpha value is -0.0800. The maximum atomic E-state index is 5.21. The number of hydrogen-bond acceptors (Lipinski definition) is 3. The van der Waals surface area contributed by atoms with E-state index in [1.165, 1.54) is 25.7 Å². The Balaban J connectivity index is 0.00000242. The highest BCUT2D eigenvalue weighted by atomic mass is 127. The normalized spacial score (nSPS) is 20.2. The number of ether oxygens (including phenoxy) is 1. The van der Waals surface area contributed by atoms with E-state index in [-0.39, 0.29) is 24.0 Å². The topological polar surface area (TPSA) is 40.1 Å². The number of aliphatic imine (C=N–C) groups is 1. The monoisotopic (exact) mass is 424 g/mol. The summed E-state index contributed by atoms with van der Waals surface area (Å²) in [5.74, 6) is 1.93. The highest BCUT2D eigenvalue weighted by Gasteiger charge is 2.28. The zero-order valence-corrected chi connectivity index (χ0v) is 16.7. The van der Waals surface area contributed by atoms with Crippen molar-refractivity contribution in [3.05, 3.63) is 0 Å². The van der Waals surface area contributed by atoms with Crippen LogP contribution in [0.4, 0.5) is 0 Å². The van der Waals surface area contributed by atoms with E-state index in [0.717, 1.165) is 57.2 Å². The molecule has 6 heteroatoms. The molecule has 2 rings (SSSR count). The maximum Gasteiger partial charge on any atom is 0.193 e. The van der Waals surface area contributed by atoms with Crippen molar-refractivity contribution in [1.29, 1.82) is 0 Å². The van der Waals surface area contributed by atoms with E-state index in [0.29, 0.717) is 0 Å². The largest absolute Gasteiger partial charge is 0.383 e. The lowest BCUT2D eigenvalue weighted by atomic mass is 10.00. The van der Waals surface area contributed by atoms with Gasteiger partial charge in [-0.25, -0.2) is 0 Å². The zero-order valence-electron chi connectivity index (χ0n) is 14.4. The molecule has 5 nitrogen and oxygen atoms in total. The fourth-order valence-electron chi connectivity index (χ4n) is 2.99. The molecule has 1 N–H and O–H groups in total. The number of likely N-dealkylation sites (tertiary alicyclic amines) is 1. The summed E-state index contributed by atoms with van der Waals surface area (Å²) in [7, 11) is 3.67. The predicted molar refractivity (Wildman–Crippen MR) is 103 cm³/mol. The van der Waals surface area contributed by atoms with Crippen molar-refractivity contribution in [2.45, 2.75) is 38.6 Å². The number of rotatable bonds is 7. The Kier molecular flexibility index (Phi) is 9.66. The molecule has 22 heavy (non-hydrogen) atoms. The number of piperidine rings is 1. The molecule has 1 aliphatic heterocycles. The number of hydrogen-bond donors (Lipinski definition) is 1. The fourth-order valence-corrected chi connectivity index (χ4v) is 2.99. The Morgan fingerprint density at radius 1 is 1.23 bits per heavy atom. The molecule has 1 aliphatic carbocycles. The summed E-state index contributed by atoms with van der Waals surface area (Å²) in [6, 6.07) is 0.791. The summed E-state index contributed by atoms with van der Waals surface area (Å²) in [6.07, 6.45) is 5.26. The van der Waals surface area contributed by atoms with E-state index in [1.807, 2.05) is 7.05 Å². The van der Waals surface area contributed by atoms with Gasteiger partial charge in [-0.15, -0.1) is 24.0 Å². The van der Waals surface area contributed by atoms with Crippen LogP contribution in [0.25, 0.3) is 0 Å². The first kappa shape index (κ1) is 20.0. The summed E-state index contributed by atoms with van der Waals surface area (Å²) < 4.78 is 5.21. The molecule has 0 spiro atoms. The summed E-state index contributed by atoms with van der Waals surface area (Å²) >= 11 is 0. The van der Waals surface area contributed by atoms with Crippen LogP contribution in [0.15, 0.2) is 4.99 Å². The van der Waals surface area contributed by atoms with E-state index >= 15 is 0 Å². The fraction of sp³-hybridized carbons (Fsp3) is 0.938. The molecule has 2 fully saturated rings. The van der Waals surface area contributed by atoms with Crippen LogP contribution in [0.2, 0.25) is 0 Å². The summed E-state index contributed by atoms with van der Waals surface area (Å²) in [6.45, 7) is 8.54. The molecule has 0 radical (unpaired) electrons. The third-order valence-corrected chi connectivity index (χ3v) is 4.62. The van der Waals surface area contributed by atoms with Gasteiger partial charge in [-0.1, -0.05) is 6.92 Å². The molecule has 0 bridgehead atoms. The number of halogens is 1. The van der Waals surface area contributed by atoms with Crippen molar-refractivity contribution < 1.29 is 4.74 Å². The van der Waals surface area contributed by atoms with E-state index in [4.69, 9.17) is 4.74 Å². The van der Waals surface area contributed by atoms with Gasteiger partial charge < -0.3 is 15.0 Å². The molecule has 0 amide bonds. The van der Waals surface area contributed by atoms with Gasteiger partial charge in [-0.05, 0) is 31.6 Å². The number of nitrogens with zero attached hydrogens (tertiary/aromatic N) is 3. The third kappa shape index (κ3) is 6.58. The van der Waals surface area contributed by atoms with Crippen molar-refractivity contribution >= 4 is 29.9 Å². The second-order valence-corrected chi connectivity index (χ2v) is 6.40. The molecule has 1 saturated heterocycles. The SMILES string of the molecule is CN=C(NCCN(CCOC)C1CC1)N1CCC(C)CC1.I. The lowest BCUT2D eigenvalue weighted by Crippen LogP contribution is -2.47. The van der Waals surface area contributed by atoms with Gasteiger partial charge in [0.1, 0.15) is 0 Å². The minimum Gasteiger partial charge on any atom is -0.383 e. The average Bonchev–Trinajstić information content (AvgIpc) is 3.33. The lowest BCUT2D eigenvalue weighted by Gasteiger charge is -2.33. The number of guanidine groups is 1. The van der Waals surface area contributed by atoms with Crippen molar-refractivity contribution in [2.24, 2.45) is 10.9 Å². The zero-order chi connectivity index (χ0) is 15.1. The average molecular weight is 424 g/mol. The molecule has 0 atom stereocenters. The molecule has 1 saturated carbocycles.